The van der Waals surface area contributed by atoms with Crippen molar-refractivity contribution in [3.8, 4) is 22.8 Å². The number of methoxy groups -OCH3 is 1. The Morgan fingerprint density at radius 3 is 2.67 bits per heavy atom. The van der Waals surface area contributed by atoms with Crippen LogP contribution in [-0.2, 0) is 16.1 Å². The number of hydrogen-bond donors (Lipinski definition) is 0. The van der Waals surface area contributed by atoms with Gasteiger partial charge in [-0.15, -0.1) is 0 Å². The molecule has 190 valence electrons. The van der Waals surface area contributed by atoms with Gasteiger partial charge in [0, 0.05) is 19.7 Å². The van der Waals surface area contributed by atoms with Crippen molar-refractivity contribution in [2.24, 2.45) is 5.92 Å². The third kappa shape index (κ3) is 6.11. The van der Waals surface area contributed by atoms with Crippen LogP contribution >= 0.6 is 0 Å². The van der Waals surface area contributed by atoms with Crippen molar-refractivity contribution in [3.05, 3.63) is 65.7 Å². The maximum atomic E-state index is 14.6. The maximum Gasteiger partial charge on any atom is 0.306 e. The zero-order valence-electron chi connectivity index (χ0n) is 21.2. The van der Waals surface area contributed by atoms with E-state index in [1.807, 2.05) is 45.3 Å². The number of carbonyl (C=O) groups excluding carboxylic acids is 1. The number of rotatable bonds is 11. The number of hydrogen-bond acceptors (Lipinski definition) is 7. The average molecular weight is 494 g/mol. The molecule has 1 aliphatic carbocycles. The highest BCUT2D eigenvalue weighted by Crippen LogP contribution is 2.45. The topological polar surface area (TPSA) is 73.8 Å². The van der Waals surface area contributed by atoms with Crippen LogP contribution in [0.4, 0.5) is 10.2 Å². The molecule has 0 saturated heterocycles. The van der Waals surface area contributed by atoms with Gasteiger partial charge in [0.1, 0.15) is 29.6 Å². The number of benzene rings is 2. The van der Waals surface area contributed by atoms with Crippen molar-refractivity contribution >= 4 is 11.8 Å². The van der Waals surface area contributed by atoms with E-state index >= 15 is 0 Å². The Labute approximate surface area is 211 Å². The van der Waals surface area contributed by atoms with Gasteiger partial charge in [0.05, 0.1) is 32.0 Å². The summed E-state index contributed by atoms with van der Waals surface area (Å²) in [7, 11) is 5.21. The Hall–Kier alpha value is -3.68. The summed E-state index contributed by atoms with van der Waals surface area (Å²) in [5, 5.41) is 0. The van der Waals surface area contributed by atoms with Crippen molar-refractivity contribution < 1.29 is 23.4 Å². The first-order valence-corrected chi connectivity index (χ1v) is 12.1. The van der Waals surface area contributed by atoms with Crippen LogP contribution in [0.1, 0.15) is 43.4 Å². The second-order valence-electron chi connectivity index (χ2n) is 9.09. The summed E-state index contributed by atoms with van der Waals surface area (Å²) in [6.07, 6.45) is 4.22. The van der Waals surface area contributed by atoms with Crippen molar-refractivity contribution in [1.29, 1.82) is 0 Å². The molecular weight excluding hydrogens is 461 g/mol. The number of carbonyl (C=O) groups is 1. The molecule has 1 saturated carbocycles. The number of ether oxygens (including phenoxy) is 3. The first-order valence-electron chi connectivity index (χ1n) is 12.1. The standard InChI is InChI=1S/C28H32FN3O4/c1-5-35-26(33)15-23(18-9-10-18)19-7-6-8-22(13-19)36-17-20-16-30-27(28(31-20)32(2)3)24-14-21(34-4)11-12-25(24)29/h6-8,11-14,16,18,23H,5,9-10,15,17H2,1-4H3/t23-/m0/s1. The first-order chi connectivity index (χ1) is 17.4. The Balaban J connectivity index is 1.52. The van der Waals surface area contributed by atoms with Crippen molar-refractivity contribution in [3.63, 3.8) is 0 Å². The van der Waals surface area contributed by atoms with Gasteiger partial charge in [-0.3, -0.25) is 9.78 Å². The van der Waals surface area contributed by atoms with E-state index in [-0.39, 0.29) is 18.5 Å². The van der Waals surface area contributed by atoms with E-state index in [0.29, 0.717) is 53.2 Å². The molecule has 4 rings (SSSR count). The molecule has 1 aliphatic rings. The summed E-state index contributed by atoms with van der Waals surface area (Å²) in [6, 6.07) is 12.4. The quantitative estimate of drug-likeness (QED) is 0.332. The number of aromatic nitrogens is 2. The van der Waals surface area contributed by atoms with Crippen LogP contribution in [0, 0.1) is 11.7 Å². The minimum atomic E-state index is -0.401. The zero-order valence-corrected chi connectivity index (χ0v) is 21.2. The van der Waals surface area contributed by atoms with Gasteiger partial charge < -0.3 is 19.1 Å². The van der Waals surface area contributed by atoms with Crippen LogP contribution in [0.15, 0.2) is 48.7 Å². The van der Waals surface area contributed by atoms with E-state index in [1.165, 1.54) is 13.2 Å². The van der Waals surface area contributed by atoms with Crippen LogP contribution < -0.4 is 14.4 Å². The number of nitrogens with zero attached hydrogens (tertiary/aromatic N) is 3. The Bertz CT molecular complexity index is 1210. The number of anilines is 1. The molecule has 0 aliphatic heterocycles. The molecule has 0 N–H and O–H groups in total. The third-order valence-electron chi connectivity index (χ3n) is 6.21. The zero-order chi connectivity index (χ0) is 25.7. The molecule has 0 unspecified atom stereocenters. The van der Waals surface area contributed by atoms with E-state index < -0.39 is 5.82 Å². The highest BCUT2D eigenvalue weighted by molar-refractivity contribution is 5.73. The van der Waals surface area contributed by atoms with Gasteiger partial charge in [-0.05, 0) is 67.5 Å². The van der Waals surface area contributed by atoms with Gasteiger partial charge in [-0.2, -0.15) is 0 Å². The lowest BCUT2D eigenvalue weighted by Crippen LogP contribution is -2.15. The Kier molecular flexibility index (Phi) is 8.03. The van der Waals surface area contributed by atoms with Gasteiger partial charge >= 0.3 is 5.97 Å². The van der Waals surface area contributed by atoms with Gasteiger partial charge in [0.2, 0.25) is 0 Å². The highest BCUT2D eigenvalue weighted by Gasteiger charge is 2.34. The normalized spacial score (nSPS) is 13.7. The largest absolute Gasteiger partial charge is 0.497 e. The summed E-state index contributed by atoms with van der Waals surface area (Å²) < 4.78 is 31.1. The van der Waals surface area contributed by atoms with Crippen LogP contribution in [0.2, 0.25) is 0 Å². The SMILES string of the molecule is CCOC(=O)C[C@H](c1cccc(OCc2cnc(-c3cc(OC)ccc3F)c(N(C)C)n2)c1)C1CC1. The van der Waals surface area contributed by atoms with E-state index in [4.69, 9.17) is 14.2 Å². The lowest BCUT2D eigenvalue weighted by molar-refractivity contribution is -0.143. The summed E-state index contributed by atoms with van der Waals surface area (Å²) >= 11 is 0. The first kappa shape index (κ1) is 25.4. The highest BCUT2D eigenvalue weighted by atomic mass is 19.1. The van der Waals surface area contributed by atoms with E-state index in [2.05, 4.69) is 9.97 Å². The fourth-order valence-electron chi connectivity index (χ4n) is 4.25. The predicted molar refractivity (Wildman–Crippen MR) is 136 cm³/mol. The third-order valence-corrected chi connectivity index (χ3v) is 6.21. The van der Waals surface area contributed by atoms with Crippen LogP contribution in [-0.4, -0.2) is 43.7 Å². The van der Waals surface area contributed by atoms with E-state index in [9.17, 15) is 9.18 Å². The molecule has 1 aromatic heterocycles. The maximum absolute atomic E-state index is 14.6. The molecule has 0 spiro atoms. The van der Waals surface area contributed by atoms with Crippen molar-refractivity contribution in [2.45, 2.75) is 38.7 Å². The number of esters is 1. The summed E-state index contributed by atoms with van der Waals surface area (Å²) in [6.45, 7) is 2.41. The molecule has 1 fully saturated rings. The van der Waals surface area contributed by atoms with E-state index in [0.717, 1.165) is 18.4 Å². The van der Waals surface area contributed by atoms with Crippen molar-refractivity contribution in [1.82, 2.24) is 9.97 Å². The van der Waals surface area contributed by atoms with Gasteiger partial charge in [-0.25, -0.2) is 9.37 Å². The molecule has 36 heavy (non-hydrogen) atoms. The molecule has 3 aromatic rings. The van der Waals surface area contributed by atoms with Gasteiger partial charge in [0.15, 0.2) is 5.82 Å². The lowest BCUT2D eigenvalue weighted by Gasteiger charge is -2.18. The summed E-state index contributed by atoms with van der Waals surface area (Å²) in [5.74, 6) is 1.82. The molecule has 8 heteroatoms. The molecule has 1 heterocycles. The minimum Gasteiger partial charge on any atom is -0.497 e. The molecule has 0 radical (unpaired) electrons. The monoisotopic (exact) mass is 493 g/mol. The predicted octanol–water partition coefficient (Wildman–Crippen LogP) is 5.38. The van der Waals surface area contributed by atoms with Gasteiger partial charge in [0.25, 0.3) is 0 Å². The smallest absolute Gasteiger partial charge is 0.306 e. The Morgan fingerprint density at radius 2 is 1.97 bits per heavy atom. The molecule has 0 amide bonds. The second-order valence-corrected chi connectivity index (χ2v) is 9.09. The second kappa shape index (κ2) is 11.4. The fraction of sp³-hybridized carbons (Fsp3) is 0.393. The van der Waals surface area contributed by atoms with Crippen LogP contribution in [0.25, 0.3) is 11.3 Å². The average Bonchev–Trinajstić information content (AvgIpc) is 3.72. The molecule has 7 nitrogen and oxygen atoms in total. The Morgan fingerprint density at radius 1 is 1.17 bits per heavy atom. The molecule has 2 aromatic carbocycles. The summed E-state index contributed by atoms with van der Waals surface area (Å²) in [5.41, 5.74) is 2.43. The van der Waals surface area contributed by atoms with Crippen molar-refractivity contribution in [2.75, 3.05) is 32.7 Å². The van der Waals surface area contributed by atoms with Crippen LogP contribution in [0.3, 0.4) is 0 Å². The lowest BCUT2D eigenvalue weighted by atomic mass is 9.91. The van der Waals surface area contributed by atoms with E-state index in [1.54, 1.807) is 23.2 Å². The molecular formula is C28H32FN3O4. The minimum absolute atomic E-state index is 0.129. The molecule has 1 atom stereocenters. The summed E-state index contributed by atoms with van der Waals surface area (Å²) in [4.78, 5) is 23.1. The number of halogens is 1. The van der Waals surface area contributed by atoms with Crippen LogP contribution in [0.5, 0.6) is 11.5 Å². The molecule has 0 bridgehead atoms. The van der Waals surface area contributed by atoms with Gasteiger partial charge in [-0.1, -0.05) is 12.1 Å². The fourth-order valence-corrected chi connectivity index (χ4v) is 4.25.